The summed E-state index contributed by atoms with van der Waals surface area (Å²) in [6.45, 7) is 0. The Labute approximate surface area is 222 Å². The van der Waals surface area contributed by atoms with Crippen molar-refractivity contribution >= 4 is 95.0 Å². The molecule has 31 heavy (non-hydrogen) atoms. The van der Waals surface area contributed by atoms with Gasteiger partial charge in [0.05, 0.1) is 10.7 Å². The van der Waals surface area contributed by atoms with Gasteiger partial charge in [-0.2, -0.15) is 0 Å². The van der Waals surface area contributed by atoms with E-state index in [1.807, 2.05) is 24.5 Å². The van der Waals surface area contributed by atoms with Gasteiger partial charge in [-0.3, -0.25) is 9.98 Å². The molecule has 0 aliphatic rings. The molecule has 0 saturated heterocycles. The third kappa shape index (κ3) is 11.6. The summed E-state index contributed by atoms with van der Waals surface area (Å²) >= 11 is 27.0. The summed E-state index contributed by atoms with van der Waals surface area (Å²) < 4.78 is 0. The Kier molecular flexibility index (Phi) is 16.3. The zero-order chi connectivity index (χ0) is 21.1. The van der Waals surface area contributed by atoms with E-state index in [4.69, 9.17) is 46.4 Å². The first kappa shape index (κ1) is 30.2. The van der Waals surface area contributed by atoms with Crippen LogP contribution in [0.1, 0.15) is 5.56 Å². The number of halogens is 6. The van der Waals surface area contributed by atoms with Crippen molar-refractivity contribution in [2.45, 2.75) is 11.7 Å². The van der Waals surface area contributed by atoms with Crippen molar-refractivity contribution in [3.63, 3.8) is 0 Å². The molecule has 0 amide bonds. The second-order valence-corrected chi connectivity index (χ2v) is 7.66. The average molecular weight is 581 g/mol. The van der Waals surface area contributed by atoms with E-state index in [0.29, 0.717) is 25.4 Å². The van der Waals surface area contributed by atoms with Crippen LogP contribution in [0.4, 0.5) is 11.4 Å². The van der Waals surface area contributed by atoms with Gasteiger partial charge in [0.1, 0.15) is 0 Å². The molecule has 1 aromatic heterocycles. The molecule has 0 aliphatic carbocycles. The maximum absolute atomic E-state index is 6.00. The van der Waals surface area contributed by atoms with E-state index >= 15 is 0 Å². The summed E-state index contributed by atoms with van der Waals surface area (Å²) in [6.07, 6.45) is 7.81. The fourth-order valence-corrected chi connectivity index (χ4v) is 3.09. The predicted molar refractivity (Wildman–Crippen MR) is 136 cm³/mol. The van der Waals surface area contributed by atoms with Gasteiger partial charge in [0.2, 0.25) is 0 Å². The zero-order valence-corrected chi connectivity index (χ0v) is 21.6. The van der Waals surface area contributed by atoms with Crippen molar-refractivity contribution in [2.24, 2.45) is 9.98 Å². The van der Waals surface area contributed by atoms with Gasteiger partial charge in [0.15, 0.2) is 0 Å². The normalized spacial score (nSPS) is 10.2. The second kappa shape index (κ2) is 16.8. The predicted octanol–water partition coefficient (Wildman–Crippen LogP) is 8.84. The minimum absolute atomic E-state index is 0. The van der Waals surface area contributed by atoms with Crippen LogP contribution >= 0.6 is 71.2 Å². The fourth-order valence-electron chi connectivity index (χ4n) is 2.07. The molecule has 0 bridgehead atoms. The molecule has 0 N–H and O–H groups in total. The number of benzene rings is 2. The molecule has 3 nitrogen and oxygen atoms in total. The first-order chi connectivity index (χ1) is 14.0. The van der Waals surface area contributed by atoms with Crippen LogP contribution in [0.15, 0.2) is 70.9 Å². The number of aromatic nitrogens is 1. The van der Waals surface area contributed by atoms with E-state index in [9.17, 15) is 0 Å². The standard InChI is InChI=1S/C13H10Cl2N2.C8H6Cl2N.2ClH.Fe/c14-11-3-4-13(12(15)8-11)17-7-5-10-2-1-6-16-9-10;1-2-11-8-4-3-6(9)5-7(8)10;;;/h1-4,6-9H,5H2;2-5H,1H2;2*1H;. The summed E-state index contributed by atoms with van der Waals surface area (Å²) in [5.74, 6) is 0. The summed E-state index contributed by atoms with van der Waals surface area (Å²) in [5, 5.41) is 3.00. The molecule has 2 aromatic carbocycles. The third-order valence-corrected chi connectivity index (χ3v) is 4.67. The Morgan fingerprint density at radius 2 is 1.35 bits per heavy atom. The summed E-state index contributed by atoms with van der Waals surface area (Å²) in [7, 11) is 0. The van der Waals surface area contributed by atoms with Gasteiger partial charge in [-0.15, -0.1) is 24.8 Å². The van der Waals surface area contributed by atoms with Crippen molar-refractivity contribution in [1.29, 1.82) is 0 Å². The summed E-state index contributed by atoms with van der Waals surface area (Å²) in [6, 6.07) is 14.3. The Bertz CT molecular complexity index is 984. The topological polar surface area (TPSA) is 37.6 Å². The number of pyridine rings is 1. The molecule has 0 atom stereocenters. The van der Waals surface area contributed by atoms with Crippen LogP contribution in [0.25, 0.3) is 0 Å². The van der Waals surface area contributed by atoms with Crippen molar-refractivity contribution < 1.29 is 16.0 Å². The number of hydrogen-bond donors (Lipinski definition) is 0. The van der Waals surface area contributed by atoms with E-state index in [2.05, 4.69) is 31.0 Å². The molecule has 167 valence electrons. The van der Waals surface area contributed by atoms with Crippen LogP contribution < -0.4 is 0 Å². The van der Waals surface area contributed by atoms with Gasteiger partial charge in [0, 0.05) is 30.1 Å². The van der Waals surface area contributed by atoms with Gasteiger partial charge < -0.3 is 0 Å². The van der Waals surface area contributed by atoms with Gasteiger partial charge in [-0.1, -0.05) is 29.3 Å². The van der Waals surface area contributed by atoms with Gasteiger partial charge in [0.25, 0.3) is 0 Å². The van der Waals surface area contributed by atoms with Gasteiger partial charge in [-0.25, -0.2) is 0 Å². The van der Waals surface area contributed by atoms with Crippen LogP contribution in [0.2, 0.25) is 25.4 Å². The second-order valence-electron chi connectivity index (χ2n) is 5.52. The van der Waals surface area contributed by atoms with Crippen molar-refractivity contribution in [3.05, 3.63) is 86.6 Å². The minimum atomic E-state index is 0. The monoisotopic (exact) mass is 578 g/mol. The molecule has 10 heteroatoms. The van der Waals surface area contributed by atoms with Crippen molar-refractivity contribution in [3.8, 4) is 0 Å². The van der Waals surface area contributed by atoms with Gasteiger partial charge in [-0.05, 0) is 29.8 Å². The zero-order valence-electron chi connectivity index (χ0n) is 15.9. The Morgan fingerprint density at radius 3 is 1.81 bits per heavy atom. The van der Waals surface area contributed by atoms with Crippen LogP contribution in [0.3, 0.4) is 0 Å². The Hall–Kier alpha value is -0.811. The molecule has 0 aliphatic heterocycles. The number of nitrogens with zero attached hydrogens (tertiary/aromatic N) is 3. The van der Waals surface area contributed by atoms with Crippen molar-refractivity contribution in [1.82, 2.24) is 4.98 Å². The van der Waals surface area contributed by atoms with E-state index in [1.54, 1.807) is 48.8 Å². The molecule has 0 spiro atoms. The number of aliphatic imine (C=N–C) groups is 2. The Balaban J connectivity index is 0.000000575. The third-order valence-electron chi connectivity index (χ3n) is 3.39. The quantitative estimate of drug-likeness (QED) is 0.219. The van der Waals surface area contributed by atoms with Crippen LogP contribution in [-0.4, -0.2) is 17.4 Å². The SMILES string of the molecule is Cl.Cl.Clc1ccc(N=CCc2cccnc2)c(Cl)c1.Clc1ccc(N=C[CH2][Fe])c(Cl)c1. The summed E-state index contributed by atoms with van der Waals surface area (Å²) in [5.41, 5.74) is 2.56. The van der Waals surface area contributed by atoms with E-state index < -0.39 is 0 Å². The van der Waals surface area contributed by atoms with E-state index in [1.165, 1.54) is 0 Å². The van der Waals surface area contributed by atoms with Crippen molar-refractivity contribution in [2.75, 3.05) is 0 Å². The Morgan fingerprint density at radius 1 is 0.806 bits per heavy atom. The fraction of sp³-hybridized carbons (Fsp3) is 0.0952. The van der Waals surface area contributed by atoms with Crippen LogP contribution in [0, 0.1) is 0 Å². The maximum atomic E-state index is 6.00. The molecule has 3 aromatic rings. The van der Waals surface area contributed by atoms with E-state index in [0.717, 1.165) is 23.4 Å². The molecule has 0 unspecified atom stereocenters. The van der Waals surface area contributed by atoms with Crippen LogP contribution in [-0.2, 0) is 22.4 Å². The molecular formula is C21H18Cl6FeN3. The first-order valence-electron chi connectivity index (χ1n) is 8.38. The molecule has 0 fully saturated rings. The average Bonchev–Trinajstić information content (AvgIpc) is 2.70. The molecule has 1 heterocycles. The number of rotatable bonds is 5. The first-order valence-corrected chi connectivity index (χ1v) is 10.7. The molecule has 3 rings (SSSR count). The van der Waals surface area contributed by atoms with Gasteiger partial charge >= 0.3 is 89.7 Å². The van der Waals surface area contributed by atoms with Crippen LogP contribution in [0.5, 0.6) is 0 Å². The molecule has 0 saturated carbocycles. The number of hydrogen-bond acceptors (Lipinski definition) is 3. The van der Waals surface area contributed by atoms with E-state index in [-0.39, 0.29) is 24.8 Å². The molecule has 0 radical (unpaired) electrons. The molecular weight excluding hydrogens is 563 g/mol. The summed E-state index contributed by atoms with van der Waals surface area (Å²) in [4.78, 5) is 12.4.